The SMILES string of the molecule is CC(C)ONC(=O)CC1CN(S(=O)(=O)c2cccc(C(F)(F)F)c2)c2cc(NC(=O)O)ccc2O1. The summed E-state index contributed by atoms with van der Waals surface area (Å²) in [6.45, 7) is 2.93. The van der Waals surface area contributed by atoms with E-state index in [2.05, 4.69) is 10.8 Å². The first-order valence-electron chi connectivity index (χ1n) is 10.2. The van der Waals surface area contributed by atoms with E-state index in [1.54, 1.807) is 13.8 Å². The summed E-state index contributed by atoms with van der Waals surface area (Å²) < 4.78 is 73.0. The lowest BCUT2D eigenvalue weighted by Crippen LogP contribution is -2.45. The molecule has 0 aromatic heterocycles. The molecule has 1 atom stereocenters. The highest BCUT2D eigenvalue weighted by molar-refractivity contribution is 7.92. The second kappa shape index (κ2) is 10.00. The van der Waals surface area contributed by atoms with Gasteiger partial charge in [-0.3, -0.25) is 19.3 Å². The van der Waals surface area contributed by atoms with Crippen LogP contribution in [0.1, 0.15) is 25.8 Å². The van der Waals surface area contributed by atoms with E-state index >= 15 is 0 Å². The molecular formula is C21H22F3N3O7S. The average Bonchev–Trinajstić information content (AvgIpc) is 2.76. The fraction of sp³-hybridized carbons (Fsp3) is 0.333. The number of carbonyl (C=O) groups is 2. The van der Waals surface area contributed by atoms with Crippen molar-refractivity contribution >= 4 is 33.4 Å². The maximum Gasteiger partial charge on any atom is 0.416 e. The molecule has 0 saturated carbocycles. The average molecular weight is 517 g/mol. The third-order valence-electron chi connectivity index (χ3n) is 4.71. The van der Waals surface area contributed by atoms with Crippen LogP contribution in [0.4, 0.5) is 29.3 Å². The number of hydrogen-bond donors (Lipinski definition) is 3. The van der Waals surface area contributed by atoms with Crippen LogP contribution in [0.2, 0.25) is 0 Å². The van der Waals surface area contributed by atoms with Gasteiger partial charge in [0.25, 0.3) is 10.0 Å². The topological polar surface area (TPSA) is 134 Å². The number of carboxylic acid groups (broad SMARTS) is 1. The van der Waals surface area contributed by atoms with Gasteiger partial charge >= 0.3 is 12.3 Å². The number of ether oxygens (including phenoxy) is 1. The molecule has 0 spiro atoms. The first-order chi connectivity index (χ1) is 16.3. The number of rotatable bonds is 7. The van der Waals surface area contributed by atoms with Crippen molar-refractivity contribution in [3.8, 4) is 5.75 Å². The number of fused-ring (bicyclic) bond motifs is 1. The van der Waals surface area contributed by atoms with E-state index in [0.717, 1.165) is 22.5 Å². The largest absolute Gasteiger partial charge is 0.486 e. The number of hydrogen-bond acceptors (Lipinski definition) is 6. The number of benzene rings is 2. The molecule has 1 aliphatic rings. The highest BCUT2D eigenvalue weighted by Gasteiger charge is 2.37. The molecule has 1 unspecified atom stereocenters. The maximum atomic E-state index is 13.5. The molecule has 2 amide bonds. The summed E-state index contributed by atoms with van der Waals surface area (Å²) in [5.41, 5.74) is 0.947. The summed E-state index contributed by atoms with van der Waals surface area (Å²) in [5, 5.41) is 11.1. The Morgan fingerprint density at radius 3 is 2.57 bits per heavy atom. The number of nitrogens with one attached hydrogen (secondary N) is 2. The third kappa shape index (κ3) is 6.33. The molecule has 14 heteroatoms. The van der Waals surface area contributed by atoms with E-state index in [1.165, 1.54) is 18.2 Å². The summed E-state index contributed by atoms with van der Waals surface area (Å²) >= 11 is 0. The first-order valence-corrected chi connectivity index (χ1v) is 11.7. The van der Waals surface area contributed by atoms with Gasteiger partial charge in [0.15, 0.2) is 0 Å². The highest BCUT2D eigenvalue weighted by atomic mass is 32.2. The Balaban J connectivity index is 2.01. The van der Waals surface area contributed by atoms with Gasteiger partial charge in [-0.25, -0.2) is 18.7 Å². The summed E-state index contributed by atoms with van der Waals surface area (Å²) in [7, 11) is -4.58. The quantitative estimate of drug-likeness (QED) is 0.478. The minimum absolute atomic E-state index is 0.00520. The molecule has 2 aromatic rings. The van der Waals surface area contributed by atoms with Gasteiger partial charge in [-0.05, 0) is 50.2 Å². The second-order valence-corrected chi connectivity index (χ2v) is 9.67. The minimum Gasteiger partial charge on any atom is -0.486 e. The van der Waals surface area contributed by atoms with E-state index < -0.39 is 51.3 Å². The van der Waals surface area contributed by atoms with E-state index in [1.807, 2.05) is 0 Å². The fourth-order valence-electron chi connectivity index (χ4n) is 3.24. The number of amides is 2. The molecule has 0 saturated heterocycles. The van der Waals surface area contributed by atoms with Gasteiger partial charge in [0.2, 0.25) is 5.91 Å². The van der Waals surface area contributed by atoms with Crippen molar-refractivity contribution in [1.82, 2.24) is 5.48 Å². The Kier molecular flexibility index (Phi) is 7.45. The number of halogens is 3. The molecule has 190 valence electrons. The van der Waals surface area contributed by atoms with E-state index in [4.69, 9.17) is 14.7 Å². The van der Waals surface area contributed by atoms with Crippen LogP contribution in [-0.2, 0) is 25.8 Å². The highest BCUT2D eigenvalue weighted by Crippen LogP contribution is 2.40. The van der Waals surface area contributed by atoms with Crippen LogP contribution in [0, 0.1) is 0 Å². The van der Waals surface area contributed by atoms with Crippen LogP contribution in [0.3, 0.4) is 0 Å². The molecule has 3 N–H and O–H groups in total. The summed E-state index contributed by atoms with van der Waals surface area (Å²) in [5.74, 6) is -0.613. The van der Waals surface area contributed by atoms with Gasteiger partial charge in [0.05, 0.1) is 35.2 Å². The van der Waals surface area contributed by atoms with Crippen LogP contribution < -0.4 is 19.8 Å². The van der Waals surface area contributed by atoms with Crippen molar-refractivity contribution in [1.29, 1.82) is 0 Å². The Morgan fingerprint density at radius 1 is 1.23 bits per heavy atom. The zero-order valence-corrected chi connectivity index (χ0v) is 19.3. The number of nitrogens with zero attached hydrogens (tertiary/aromatic N) is 1. The first kappa shape index (κ1) is 26.1. The predicted octanol–water partition coefficient (Wildman–Crippen LogP) is 3.60. The van der Waals surface area contributed by atoms with Gasteiger partial charge in [-0.1, -0.05) is 6.07 Å². The van der Waals surface area contributed by atoms with Crippen molar-refractivity contribution in [3.05, 3.63) is 48.0 Å². The molecule has 1 heterocycles. The van der Waals surface area contributed by atoms with Crippen LogP contribution in [0.25, 0.3) is 0 Å². The van der Waals surface area contributed by atoms with Gasteiger partial charge in [0.1, 0.15) is 11.9 Å². The van der Waals surface area contributed by atoms with Gasteiger partial charge in [-0.2, -0.15) is 13.2 Å². The number of hydroxylamine groups is 1. The summed E-state index contributed by atoms with van der Waals surface area (Å²) in [6.07, 6.45) is -7.84. The zero-order chi connectivity index (χ0) is 26.0. The zero-order valence-electron chi connectivity index (χ0n) is 18.5. The minimum atomic E-state index is -4.77. The summed E-state index contributed by atoms with van der Waals surface area (Å²) in [4.78, 5) is 27.6. The fourth-order valence-corrected chi connectivity index (χ4v) is 4.78. The van der Waals surface area contributed by atoms with Crippen LogP contribution >= 0.6 is 0 Å². The van der Waals surface area contributed by atoms with Crippen molar-refractivity contribution in [2.75, 3.05) is 16.2 Å². The van der Waals surface area contributed by atoms with Crippen molar-refractivity contribution in [2.24, 2.45) is 0 Å². The Morgan fingerprint density at radius 2 is 1.94 bits per heavy atom. The van der Waals surface area contributed by atoms with Crippen molar-refractivity contribution in [3.63, 3.8) is 0 Å². The van der Waals surface area contributed by atoms with Gasteiger partial charge in [-0.15, -0.1) is 0 Å². The molecule has 2 aromatic carbocycles. The second-order valence-electron chi connectivity index (χ2n) is 7.81. The number of carbonyl (C=O) groups excluding carboxylic acids is 1. The summed E-state index contributed by atoms with van der Waals surface area (Å²) in [6, 6.07) is 7.00. The van der Waals surface area contributed by atoms with Gasteiger partial charge < -0.3 is 9.84 Å². The van der Waals surface area contributed by atoms with Crippen LogP contribution in [-0.4, -0.2) is 44.3 Å². The Labute approximate surface area is 198 Å². The molecule has 0 bridgehead atoms. The van der Waals surface area contributed by atoms with Crippen LogP contribution in [0.5, 0.6) is 5.75 Å². The van der Waals surface area contributed by atoms with E-state index in [-0.39, 0.29) is 29.6 Å². The maximum absolute atomic E-state index is 13.5. The molecule has 1 aliphatic heterocycles. The normalized spacial score (nSPS) is 15.8. The Hall–Kier alpha value is -3.52. The number of anilines is 2. The molecule has 3 rings (SSSR count). The van der Waals surface area contributed by atoms with Crippen LogP contribution in [0.15, 0.2) is 47.4 Å². The lowest BCUT2D eigenvalue weighted by atomic mass is 10.1. The smallest absolute Gasteiger partial charge is 0.416 e. The number of sulfonamides is 1. The monoisotopic (exact) mass is 517 g/mol. The molecule has 10 nitrogen and oxygen atoms in total. The van der Waals surface area contributed by atoms with Crippen molar-refractivity contribution in [2.45, 2.75) is 43.5 Å². The lowest BCUT2D eigenvalue weighted by molar-refractivity contribution is -0.139. The molecule has 0 aliphatic carbocycles. The van der Waals surface area contributed by atoms with Gasteiger partial charge in [0, 0.05) is 5.69 Å². The predicted molar refractivity (Wildman–Crippen MR) is 117 cm³/mol. The van der Waals surface area contributed by atoms with E-state index in [9.17, 15) is 31.2 Å². The molecule has 35 heavy (non-hydrogen) atoms. The Bertz CT molecular complexity index is 1220. The third-order valence-corrected chi connectivity index (χ3v) is 6.49. The number of alkyl halides is 3. The molecule has 0 radical (unpaired) electrons. The molecule has 0 fully saturated rings. The lowest BCUT2D eigenvalue weighted by Gasteiger charge is -2.35. The molecular weight excluding hydrogens is 495 g/mol. The van der Waals surface area contributed by atoms with Crippen molar-refractivity contribution < 1.29 is 45.9 Å². The van der Waals surface area contributed by atoms with E-state index in [0.29, 0.717) is 6.07 Å². The standard InChI is InChI=1S/C21H22F3N3O7S/c1-12(2)34-26-19(28)10-15-11-27(17-9-14(25-20(29)30)6-7-18(17)33-15)35(31,32)16-5-3-4-13(8-16)21(22,23)24/h3-9,12,15,25H,10-11H2,1-2H3,(H,26,28)(H,29,30).